The zero-order chi connectivity index (χ0) is 22.0. The van der Waals surface area contributed by atoms with Crippen LogP contribution in [0.2, 0.25) is 0 Å². The first kappa shape index (κ1) is 19.0. The Balaban J connectivity index is 1.47. The van der Waals surface area contributed by atoms with Gasteiger partial charge in [-0.25, -0.2) is 4.79 Å². The second-order valence-corrected chi connectivity index (χ2v) is 8.85. The number of amides is 2. The number of carbonyl (C=O) groups excluding carboxylic acids is 2. The van der Waals surface area contributed by atoms with E-state index >= 15 is 0 Å². The molecule has 0 unspecified atom stereocenters. The number of benzene rings is 3. The lowest BCUT2D eigenvalue weighted by molar-refractivity contribution is -0.155. The van der Waals surface area contributed by atoms with Crippen molar-refractivity contribution in [1.29, 1.82) is 0 Å². The van der Waals surface area contributed by atoms with Gasteiger partial charge in [-0.1, -0.05) is 78.9 Å². The number of carbonyl (C=O) groups is 3. The van der Waals surface area contributed by atoms with Crippen molar-refractivity contribution in [3.05, 3.63) is 107 Å². The summed E-state index contributed by atoms with van der Waals surface area (Å²) in [4.78, 5) is 40.8. The van der Waals surface area contributed by atoms with E-state index < -0.39 is 23.8 Å². The van der Waals surface area contributed by atoms with E-state index in [2.05, 4.69) is 0 Å². The topological polar surface area (TPSA) is 74.7 Å². The zero-order valence-electron chi connectivity index (χ0n) is 17.2. The molecule has 1 saturated heterocycles. The average Bonchev–Trinajstić information content (AvgIpc) is 3.08. The lowest BCUT2D eigenvalue weighted by atomic mass is 9.55. The van der Waals surface area contributed by atoms with Gasteiger partial charge in [-0.15, -0.1) is 0 Å². The molecule has 2 bridgehead atoms. The molecule has 2 amide bonds. The van der Waals surface area contributed by atoms with Gasteiger partial charge in [0, 0.05) is 18.3 Å². The molecule has 1 N–H and O–H groups in total. The Kier molecular flexibility index (Phi) is 4.09. The summed E-state index contributed by atoms with van der Waals surface area (Å²) in [7, 11) is 0. The Bertz CT molecular complexity index is 1150. The molecule has 5 nitrogen and oxygen atoms in total. The van der Waals surface area contributed by atoms with Gasteiger partial charge in [0.05, 0.1) is 11.8 Å². The Morgan fingerprint density at radius 3 is 1.53 bits per heavy atom. The van der Waals surface area contributed by atoms with Crippen LogP contribution in [0.3, 0.4) is 0 Å². The summed E-state index contributed by atoms with van der Waals surface area (Å²) in [6.07, 6.45) is 0.0995. The Morgan fingerprint density at radius 1 is 0.719 bits per heavy atom. The highest BCUT2D eigenvalue weighted by atomic mass is 16.4. The summed E-state index contributed by atoms with van der Waals surface area (Å²) in [5.41, 5.74) is 5.10. The van der Waals surface area contributed by atoms with Crippen molar-refractivity contribution in [2.75, 3.05) is 0 Å². The molecule has 32 heavy (non-hydrogen) atoms. The van der Waals surface area contributed by atoms with Crippen molar-refractivity contribution < 1.29 is 19.5 Å². The van der Waals surface area contributed by atoms with Crippen LogP contribution in [-0.4, -0.2) is 33.8 Å². The fourth-order valence-electron chi connectivity index (χ4n) is 6.13. The standard InChI is InChI=1S/C27H21NO4/c29-25-23-21-16-10-4-5-11-17(16)22(19-13-7-6-12-18(19)21)24(23)26(30)28(25)20(27(31)32)14-15-8-2-1-3-9-15/h1-13,20-24H,14H2,(H,31,32)/t20-,21?,22?,23-,24+/m1/s1. The SMILES string of the molecule is O=C(O)[C@@H](Cc1ccccc1)N1C(=O)[C@@H]2C3c4ccccc4C(c4ccccc43)[C@@H]2C1=O. The summed E-state index contributed by atoms with van der Waals surface area (Å²) >= 11 is 0. The van der Waals surface area contributed by atoms with Crippen LogP contribution >= 0.6 is 0 Å². The molecule has 0 saturated carbocycles. The minimum absolute atomic E-state index is 0.0995. The van der Waals surface area contributed by atoms with E-state index in [-0.39, 0.29) is 30.1 Å². The average molecular weight is 423 g/mol. The maximum atomic E-state index is 13.7. The van der Waals surface area contributed by atoms with Crippen molar-refractivity contribution in [2.45, 2.75) is 24.3 Å². The molecule has 0 radical (unpaired) electrons. The van der Waals surface area contributed by atoms with E-state index in [1.165, 1.54) is 0 Å². The van der Waals surface area contributed by atoms with Crippen LogP contribution in [0.1, 0.15) is 39.7 Å². The monoisotopic (exact) mass is 423 g/mol. The molecule has 1 fully saturated rings. The van der Waals surface area contributed by atoms with E-state index in [4.69, 9.17) is 0 Å². The van der Waals surface area contributed by atoms with Crippen molar-refractivity contribution in [2.24, 2.45) is 11.8 Å². The lowest BCUT2D eigenvalue weighted by Gasteiger charge is -2.45. The molecule has 7 rings (SSSR count). The molecule has 3 aromatic carbocycles. The van der Waals surface area contributed by atoms with Crippen molar-refractivity contribution in [1.82, 2.24) is 4.90 Å². The predicted octanol–water partition coefficient (Wildman–Crippen LogP) is 3.57. The molecule has 3 aliphatic carbocycles. The highest BCUT2D eigenvalue weighted by molar-refractivity contribution is 6.10. The van der Waals surface area contributed by atoms with Gasteiger partial charge in [-0.2, -0.15) is 0 Å². The van der Waals surface area contributed by atoms with Gasteiger partial charge in [0.25, 0.3) is 0 Å². The van der Waals surface area contributed by atoms with Crippen LogP contribution in [0.25, 0.3) is 0 Å². The molecule has 4 aliphatic rings. The van der Waals surface area contributed by atoms with Gasteiger partial charge in [0.15, 0.2) is 0 Å². The van der Waals surface area contributed by atoms with Gasteiger partial charge >= 0.3 is 5.97 Å². The number of carboxylic acids is 1. The number of likely N-dealkylation sites (tertiary alicyclic amines) is 1. The number of imide groups is 1. The minimum atomic E-state index is -1.21. The van der Waals surface area contributed by atoms with Crippen LogP contribution in [0, 0.1) is 11.8 Å². The summed E-state index contributed by atoms with van der Waals surface area (Å²) in [6.45, 7) is 0. The molecule has 1 aliphatic heterocycles. The number of carboxylic acid groups (broad SMARTS) is 1. The van der Waals surface area contributed by atoms with Crippen LogP contribution in [0.15, 0.2) is 78.9 Å². The van der Waals surface area contributed by atoms with Gasteiger partial charge in [0.1, 0.15) is 6.04 Å². The van der Waals surface area contributed by atoms with E-state index in [9.17, 15) is 19.5 Å². The van der Waals surface area contributed by atoms with Gasteiger partial charge in [0.2, 0.25) is 11.8 Å². The minimum Gasteiger partial charge on any atom is -0.480 e. The summed E-state index contributed by atoms with van der Waals surface area (Å²) in [5, 5.41) is 10.0. The van der Waals surface area contributed by atoms with Gasteiger partial charge in [-0.05, 0) is 27.8 Å². The van der Waals surface area contributed by atoms with E-state index in [0.29, 0.717) is 0 Å². The molecule has 3 aromatic rings. The largest absolute Gasteiger partial charge is 0.480 e. The van der Waals surface area contributed by atoms with E-state index in [0.717, 1.165) is 32.7 Å². The van der Waals surface area contributed by atoms with Crippen molar-refractivity contribution in [3.8, 4) is 0 Å². The number of hydrogen-bond donors (Lipinski definition) is 1. The van der Waals surface area contributed by atoms with Crippen LogP contribution in [0.4, 0.5) is 0 Å². The Morgan fingerprint density at radius 2 is 1.12 bits per heavy atom. The zero-order valence-corrected chi connectivity index (χ0v) is 17.2. The number of nitrogens with zero attached hydrogens (tertiary/aromatic N) is 1. The first-order valence-corrected chi connectivity index (χ1v) is 10.9. The Hall–Kier alpha value is -3.73. The third-order valence-electron chi connectivity index (χ3n) is 7.35. The second-order valence-electron chi connectivity index (χ2n) is 8.85. The van der Waals surface area contributed by atoms with E-state index in [1.807, 2.05) is 78.9 Å². The third-order valence-corrected chi connectivity index (χ3v) is 7.35. The second kappa shape index (κ2) is 6.89. The molecule has 158 valence electrons. The predicted molar refractivity (Wildman–Crippen MR) is 117 cm³/mol. The molecule has 5 heteroatoms. The van der Waals surface area contributed by atoms with E-state index in [1.54, 1.807) is 0 Å². The number of hydrogen-bond acceptors (Lipinski definition) is 3. The normalized spacial score (nSPS) is 25.8. The molecule has 3 atom stereocenters. The lowest BCUT2D eigenvalue weighted by Crippen LogP contribution is -2.47. The third kappa shape index (κ3) is 2.48. The number of rotatable bonds is 4. The van der Waals surface area contributed by atoms with Crippen LogP contribution in [0.5, 0.6) is 0 Å². The van der Waals surface area contributed by atoms with Crippen LogP contribution in [-0.2, 0) is 20.8 Å². The quantitative estimate of drug-likeness (QED) is 0.651. The Labute approximate surface area is 185 Å². The number of aliphatic carboxylic acids is 1. The van der Waals surface area contributed by atoms with Crippen molar-refractivity contribution in [3.63, 3.8) is 0 Å². The maximum Gasteiger partial charge on any atom is 0.327 e. The van der Waals surface area contributed by atoms with Gasteiger partial charge in [-0.3, -0.25) is 14.5 Å². The fourth-order valence-corrected chi connectivity index (χ4v) is 6.13. The first-order chi connectivity index (χ1) is 15.6. The fraction of sp³-hybridized carbons (Fsp3) is 0.222. The first-order valence-electron chi connectivity index (χ1n) is 10.9. The smallest absolute Gasteiger partial charge is 0.327 e. The van der Waals surface area contributed by atoms with Gasteiger partial charge < -0.3 is 5.11 Å². The molecular formula is C27H21NO4. The maximum absolute atomic E-state index is 13.7. The molecule has 0 aromatic heterocycles. The van der Waals surface area contributed by atoms with Crippen molar-refractivity contribution >= 4 is 17.8 Å². The molecular weight excluding hydrogens is 402 g/mol. The molecule has 1 heterocycles. The molecule has 0 spiro atoms. The highest BCUT2D eigenvalue weighted by Crippen LogP contribution is 2.61. The summed E-state index contributed by atoms with van der Waals surface area (Å²) in [6, 6.07) is 24.0. The highest BCUT2D eigenvalue weighted by Gasteiger charge is 2.63. The summed E-state index contributed by atoms with van der Waals surface area (Å²) in [5.74, 6) is -3.46. The summed E-state index contributed by atoms with van der Waals surface area (Å²) < 4.78 is 0. The van der Waals surface area contributed by atoms with Crippen LogP contribution < -0.4 is 0 Å².